The van der Waals surface area contributed by atoms with E-state index in [9.17, 15) is 13.6 Å². The van der Waals surface area contributed by atoms with E-state index in [0.29, 0.717) is 30.1 Å². The lowest BCUT2D eigenvalue weighted by molar-refractivity contribution is -0.0495. The van der Waals surface area contributed by atoms with E-state index < -0.39 is 6.61 Å². The van der Waals surface area contributed by atoms with Gasteiger partial charge in [0.2, 0.25) is 0 Å². The van der Waals surface area contributed by atoms with Gasteiger partial charge in [-0.05, 0) is 31.5 Å². The van der Waals surface area contributed by atoms with Crippen LogP contribution in [0.3, 0.4) is 0 Å². The molecular weight excluding hydrogens is 318 g/mol. The molecule has 1 aliphatic heterocycles. The Balaban J connectivity index is 1.66. The van der Waals surface area contributed by atoms with Crippen molar-refractivity contribution in [1.82, 2.24) is 5.32 Å². The van der Waals surface area contributed by atoms with Crippen LogP contribution < -0.4 is 15.0 Å². The van der Waals surface area contributed by atoms with Crippen molar-refractivity contribution in [2.24, 2.45) is 0 Å². The largest absolute Gasteiger partial charge is 0.469 e. The third-order valence-corrected chi connectivity index (χ3v) is 4.05. The van der Waals surface area contributed by atoms with Crippen LogP contribution in [0.25, 0.3) is 0 Å². The van der Waals surface area contributed by atoms with Crippen LogP contribution in [0.15, 0.2) is 41.0 Å². The minimum Gasteiger partial charge on any atom is -0.469 e. The van der Waals surface area contributed by atoms with Crippen LogP contribution in [0.4, 0.5) is 14.5 Å². The monoisotopic (exact) mass is 336 g/mol. The number of halogens is 2. The fraction of sp³-hybridized carbons (Fsp3) is 0.353. The number of hydrogen-bond donors (Lipinski definition) is 1. The molecule has 1 atom stereocenters. The van der Waals surface area contributed by atoms with E-state index in [1.165, 1.54) is 12.3 Å². The summed E-state index contributed by atoms with van der Waals surface area (Å²) in [5.74, 6) is 0.522. The Bertz CT molecular complexity index is 717. The van der Waals surface area contributed by atoms with Crippen LogP contribution in [0.5, 0.6) is 5.75 Å². The number of carbonyl (C=O) groups excluding carboxylic acids is 1. The van der Waals surface area contributed by atoms with E-state index in [-0.39, 0.29) is 17.7 Å². The van der Waals surface area contributed by atoms with Crippen LogP contribution in [-0.4, -0.2) is 31.7 Å². The molecule has 0 aliphatic carbocycles. The molecule has 7 heteroatoms. The molecule has 1 N–H and O–H groups in total. The molecule has 2 aromatic rings. The van der Waals surface area contributed by atoms with Crippen molar-refractivity contribution >= 4 is 11.6 Å². The summed E-state index contributed by atoms with van der Waals surface area (Å²) in [5.41, 5.74) is 1.11. The van der Waals surface area contributed by atoms with Gasteiger partial charge in [0.05, 0.1) is 17.5 Å². The van der Waals surface area contributed by atoms with Gasteiger partial charge in [0, 0.05) is 19.1 Å². The van der Waals surface area contributed by atoms with E-state index >= 15 is 0 Å². The van der Waals surface area contributed by atoms with Crippen molar-refractivity contribution in [2.75, 3.05) is 18.0 Å². The lowest BCUT2D eigenvalue weighted by Crippen LogP contribution is -2.37. The van der Waals surface area contributed by atoms with E-state index in [0.717, 1.165) is 6.42 Å². The van der Waals surface area contributed by atoms with Gasteiger partial charge < -0.3 is 19.4 Å². The third-order valence-electron chi connectivity index (χ3n) is 4.05. The summed E-state index contributed by atoms with van der Waals surface area (Å²) < 4.78 is 34.8. The fourth-order valence-electron chi connectivity index (χ4n) is 2.89. The maximum absolute atomic E-state index is 12.5. The number of benzene rings is 1. The first-order chi connectivity index (χ1) is 11.5. The van der Waals surface area contributed by atoms with E-state index in [4.69, 9.17) is 4.42 Å². The predicted molar refractivity (Wildman–Crippen MR) is 84.6 cm³/mol. The molecule has 1 saturated heterocycles. The summed E-state index contributed by atoms with van der Waals surface area (Å²) in [6, 6.07) is 8.24. The highest BCUT2D eigenvalue weighted by molar-refractivity contribution is 5.95. The second-order valence-electron chi connectivity index (χ2n) is 5.64. The number of anilines is 1. The Hall–Kier alpha value is -2.57. The van der Waals surface area contributed by atoms with Crippen molar-refractivity contribution in [3.05, 3.63) is 47.9 Å². The maximum Gasteiger partial charge on any atom is 0.387 e. The molecule has 24 heavy (non-hydrogen) atoms. The minimum absolute atomic E-state index is 0.0635. The summed E-state index contributed by atoms with van der Waals surface area (Å²) >= 11 is 0. The first-order valence-corrected chi connectivity index (χ1v) is 7.68. The number of nitrogens with zero attached hydrogens (tertiary/aromatic N) is 1. The van der Waals surface area contributed by atoms with Gasteiger partial charge >= 0.3 is 6.61 Å². The summed E-state index contributed by atoms with van der Waals surface area (Å²) in [7, 11) is 0. The average molecular weight is 336 g/mol. The lowest BCUT2D eigenvalue weighted by Gasteiger charge is -2.22. The lowest BCUT2D eigenvalue weighted by atomic mass is 10.2. The Morgan fingerprint density at radius 3 is 2.88 bits per heavy atom. The van der Waals surface area contributed by atoms with Gasteiger partial charge in [-0.15, -0.1) is 0 Å². The zero-order chi connectivity index (χ0) is 17.1. The number of hydrogen-bond acceptors (Lipinski definition) is 4. The SMILES string of the molecule is Cc1occc1C(=O)N[C@@H]1CCN(c2ccccc2OC(F)F)C1. The first-order valence-electron chi connectivity index (χ1n) is 7.68. The smallest absolute Gasteiger partial charge is 0.387 e. The van der Waals surface area contributed by atoms with Gasteiger partial charge in [0.1, 0.15) is 11.5 Å². The molecule has 1 aliphatic rings. The van der Waals surface area contributed by atoms with Crippen molar-refractivity contribution in [3.8, 4) is 5.75 Å². The Labute approximate surface area is 138 Å². The number of nitrogens with one attached hydrogen (secondary N) is 1. The molecule has 1 amide bonds. The van der Waals surface area contributed by atoms with Gasteiger partial charge in [-0.2, -0.15) is 8.78 Å². The van der Waals surface area contributed by atoms with Crippen molar-refractivity contribution in [1.29, 1.82) is 0 Å². The number of furan rings is 1. The molecule has 0 saturated carbocycles. The summed E-state index contributed by atoms with van der Waals surface area (Å²) in [5, 5.41) is 2.95. The Morgan fingerprint density at radius 2 is 2.17 bits per heavy atom. The zero-order valence-corrected chi connectivity index (χ0v) is 13.2. The number of ether oxygens (including phenoxy) is 1. The molecule has 128 valence electrons. The molecule has 3 rings (SSSR count). The second-order valence-corrected chi connectivity index (χ2v) is 5.64. The standard InChI is InChI=1S/C17H18F2N2O3/c1-11-13(7-9-23-11)16(22)20-12-6-8-21(10-12)14-4-2-3-5-15(14)24-17(18)19/h2-5,7,9,12,17H,6,8,10H2,1H3,(H,20,22)/t12-/m1/s1. The number of alkyl halides is 2. The average Bonchev–Trinajstić information content (AvgIpc) is 3.16. The van der Waals surface area contributed by atoms with Gasteiger partial charge in [0.25, 0.3) is 5.91 Å². The molecule has 0 bridgehead atoms. The maximum atomic E-state index is 12.5. The number of aryl methyl sites for hydroxylation is 1. The minimum atomic E-state index is -2.87. The highest BCUT2D eigenvalue weighted by atomic mass is 19.3. The van der Waals surface area contributed by atoms with Gasteiger partial charge in [-0.25, -0.2) is 0 Å². The quantitative estimate of drug-likeness (QED) is 0.911. The number of carbonyl (C=O) groups is 1. The topological polar surface area (TPSA) is 54.7 Å². The normalized spacial score (nSPS) is 17.3. The van der Waals surface area contributed by atoms with E-state index in [2.05, 4.69) is 10.1 Å². The predicted octanol–water partition coefficient (Wildman–Crippen LogP) is 3.20. The van der Waals surface area contributed by atoms with E-state index in [1.807, 2.05) is 4.90 Å². The highest BCUT2D eigenvalue weighted by Crippen LogP contribution is 2.31. The molecule has 0 radical (unpaired) electrons. The van der Waals surface area contributed by atoms with Crippen LogP contribution >= 0.6 is 0 Å². The molecule has 5 nitrogen and oxygen atoms in total. The Morgan fingerprint density at radius 1 is 1.38 bits per heavy atom. The van der Waals surface area contributed by atoms with Gasteiger partial charge in [-0.3, -0.25) is 4.79 Å². The summed E-state index contributed by atoms with van der Waals surface area (Å²) in [6.45, 7) is 0.0483. The number of rotatable bonds is 5. The van der Waals surface area contributed by atoms with E-state index in [1.54, 1.807) is 31.2 Å². The number of amides is 1. The molecule has 0 unspecified atom stereocenters. The fourth-order valence-corrected chi connectivity index (χ4v) is 2.89. The highest BCUT2D eigenvalue weighted by Gasteiger charge is 2.27. The molecule has 2 heterocycles. The molecule has 1 aromatic carbocycles. The van der Waals surface area contributed by atoms with Crippen LogP contribution in [0, 0.1) is 6.92 Å². The molecule has 0 spiro atoms. The molecule has 1 aromatic heterocycles. The van der Waals surface area contributed by atoms with Crippen molar-refractivity contribution in [3.63, 3.8) is 0 Å². The molecule has 1 fully saturated rings. The van der Waals surface area contributed by atoms with Crippen molar-refractivity contribution < 1.29 is 22.7 Å². The molecular formula is C17H18F2N2O3. The first kappa shape index (κ1) is 16.3. The van der Waals surface area contributed by atoms with Gasteiger partial charge in [0.15, 0.2) is 0 Å². The van der Waals surface area contributed by atoms with Gasteiger partial charge in [-0.1, -0.05) is 12.1 Å². The van der Waals surface area contributed by atoms with Crippen LogP contribution in [0.1, 0.15) is 22.5 Å². The third kappa shape index (κ3) is 3.50. The van der Waals surface area contributed by atoms with Crippen LogP contribution in [-0.2, 0) is 0 Å². The summed E-state index contributed by atoms with van der Waals surface area (Å²) in [6.07, 6.45) is 2.20. The number of para-hydroxylation sites is 2. The summed E-state index contributed by atoms with van der Waals surface area (Å²) in [4.78, 5) is 14.2. The van der Waals surface area contributed by atoms with Crippen LogP contribution in [0.2, 0.25) is 0 Å². The van der Waals surface area contributed by atoms with Crippen molar-refractivity contribution in [2.45, 2.75) is 26.0 Å². The Kier molecular flexibility index (Phi) is 4.69. The zero-order valence-electron chi connectivity index (χ0n) is 13.2. The second kappa shape index (κ2) is 6.90.